The number of rotatable bonds is 7. The van der Waals surface area contributed by atoms with Crippen LogP contribution >= 0.6 is 0 Å². The highest BCUT2D eigenvalue weighted by molar-refractivity contribution is 5.39. The molecule has 1 aromatic carbocycles. The van der Waals surface area contributed by atoms with Crippen LogP contribution in [-0.4, -0.2) is 48.3 Å². The second-order valence-corrected chi connectivity index (χ2v) is 5.99. The minimum absolute atomic E-state index is 0.473. The lowest BCUT2D eigenvalue weighted by Gasteiger charge is -2.17. The molecule has 0 aliphatic carbocycles. The Labute approximate surface area is 142 Å². The van der Waals surface area contributed by atoms with Gasteiger partial charge in [-0.1, -0.05) is 30.3 Å². The summed E-state index contributed by atoms with van der Waals surface area (Å²) in [5, 5.41) is 10.5. The van der Waals surface area contributed by atoms with E-state index in [4.69, 9.17) is 9.47 Å². The number of ether oxygens (including phenoxy) is 2. The Morgan fingerprint density at radius 3 is 2.62 bits per heavy atom. The molecule has 3 rings (SSSR count). The van der Waals surface area contributed by atoms with Gasteiger partial charge in [0.05, 0.1) is 7.11 Å². The number of hydrogen-bond acceptors (Lipinski definition) is 5. The summed E-state index contributed by atoms with van der Waals surface area (Å²) < 4.78 is 11.2. The average molecular weight is 328 g/mol. The predicted octanol–water partition coefficient (Wildman–Crippen LogP) is 2.65. The van der Waals surface area contributed by atoms with Gasteiger partial charge in [-0.2, -0.15) is 0 Å². The molecule has 0 bridgehead atoms. The van der Waals surface area contributed by atoms with E-state index in [9.17, 15) is 5.11 Å². The van der Waals surface area contributed by atoms with Crippen LogP contribution in [0, 0.1) is 0 Å². The summed E-state index contributed by atoms with van der Waals surface area (Å²) in [6.07, 6.45) is 3.46. The van der Waals surface area contributed by atoms with Gasteiger partial charge in [-0.15, -0.1) is 0 Å². The molecule has 5 heteroatoms. The number of benzene rings is 1. The van der Waals surface area contributed by atoms with Gasteiger partial charge in [0.1, 0.15) is 12.7 Å². The topological polar surface area (TPSA) is 54.8 Å². The van der Waals surface area contributed by atoms with E-state index in [1.54, 1.807) is 19.4 Å². The van der Waals surface area contributed by atoms with Gasteiger partial charge in [0.15, 0.2) is 5.75 Å². The first-order chi connectivity index (χ1) is 11.8. The number of pyridine rings is 1. The Balaban J connectivity index is 1.66. The van der Waals surface area contributed by atoms with Gasteiger partial charge < -0.3 is 14.6 Å². The van der Waals surface area contributed by atoms with Gasteiger partial charge >= 0.3 is 0 Å². The molecule has 2 heterocycles. The van der Waals surface area contributed by atoms with Crippen LogP contribution in [-0.2, 0) is 0 Å². The van der Waals surface area contributed by atoms with Crippen molar-refractivity contribution in [3.8, 4) is 11.6 Å². The molecule has 1 fully saturated rings. The summed E-state index contributed by atoms with van der Waals surface area (Å²) in [7, 11) is 1.59. The Kier molecular flexibility index (Phi) is 5.67. The summed E-state index contributed by atoms with van der Waals surface area (Å²) in [5.41, 5.74) is 1.51. The SMILES string of the molecule is COc1cc(C(O)c2ccccc2)cnc1OCCN1CCCC1. The zero-order chi connectivity index (χ0) is 16.8. The van der Waals surface area contributed by atoms with Gasteiger partial charge in [0.25, 0.3) is 5.88 Å². The van der Waals surface area contributed by atoms with E-state index in [0.717, 1.165) is 25.2 Å². The molecule has 1 aromatic heterocycles. The fraction of sp³-hybridized carbons (Fsp3) is 0.421. The van der Waals surface area contributed by atoms with Crippen LogP contribution in [0.25, 0.3) is 0 Å². The summed E-state index contributed by atoms with van der Waals surface area (Å²) in [4.78, 5) is 6.72. The lowest BCUT2D eigenvalue weighted by Crippen LogP contribution is -2.25. The van der Waals surface area contributed by atoms with Crippen LogP contribution < -0.4 is 9.47 Å². The van der Waals surface area contributed by atoms with Gasteiger partial charge in [-0.3, -0.25) is 4.90 Å². The Hall–Kier alpha value is -2.11. The highest BCUT2D eigenvalue weighted by Gasteiger charge is 2.16. The number of methoxy groups -OCH3 is 1. The van der Waals surface area contributed by atoms with Crippen molar-refractivity contribution in [1.82, 2.24) is 9.88 Å². The maximum Gasteiger partial charge on any atom is 0.257 e. The number of likely N-dealkylation sites (tertiary alicyclic amines) is 1. The molecule has 1 aliphatic heterocycles. The summed E-state index contributed by atoms with van der Waals surface area (Å²) in [6.45, 7) is 3.79. The van der Waals surface area contributed by atoms with Crippen LogP contribution in [0.15, 0.2) is 42.6 Å². The third-order valence-corrected chi connectivity index (χ3v) is 4.34. The smallest absolute Gasteiger partial charge is 0.257 e. The zero-order valence-corrected chi connectivity index (χ0v) is 14.0. The van der Waals surface area contributed by atoms with Crippen molar-refractivity contribution in [3.63, 3.8) is 0 Å². The van der Waals surface area contributed by atoms with Crippen LogP contribution in [0.5, 0.6) is 11.6 Å². The highest BCUT2D eigenvalue weighted by atomic mass is 16.5. The molecular formula is C19H24N2O3. The third kappa shape index (κ3) is 4.04. The fourth-order valence-corrected chi connectivity index (χ4v) is 2.96. The van der Waals surface area contributed by atoms with Crippen LogP contribution in [0.3, 0.4) is 0 Å². The Bertz CT molecular complexity index is 642. The molecule has 128 valence electrons. The largest absolute Gasteiger partial charge is 0.491 e. The Morgan fingerprint density at radius 2 is 1.92 bits per heavy atom. The minimum Gasteiger partial charge on any atom is -0.491 e. The zero-order valence-electron chi connectivity index (χ0n) is 14.0. The second kappa shape index (κ2) is 8.13. The fourth-order valence-electron chi connectivity index (χ4n) is 2.96. The second-order valence-electron chi connectivity index (χ2n) is 5.99. The molecule has 1 saturated heterocycles. The number of aliphatic hydroxyl groups excluding tert-OH is 1. The number of hydrogen-bond donors (Lipinski definition) is 1. The molecule has 0 saturated carbocycles. The first-order valence-corrected chi connectivity index (χ1v) is 8.40. The van der Waals surface area contributed by atoms with Gasteiger partial charge in [-0.05, 0) is 37.6 Å². The van der Waals surface area contributed by atoms with Crippen molar-refractivity contribution in [2.45, 2.75) is 18.9 Å². The van der Waals surface area contributed by atoms with Crippen molar-refractivity contribution >= 4 is 0 Å². The molecule has 2 aromatic rings. The van der Waals surface area contributed by atoms with Crippen molar-refractivity contribution in [2.24, 2.45) is 0 Å². The molecular weight excluding hydrogens is 304 g/mol. The molecule has 24 heavy (non-hydrogen) atoms. The first-order valence-electron chi connectivity index (χ1n) is 8.40. The Morgan fingerprint density at radius 1 is 1.17 bits per heavy atom. The van der Waals surface area contributed by atoms with Gasteiger partial charge in [0, 0.05) is 18.3 Å². The van der Waals surface area contributed by atoms with Crippen molar-refractivity contribution < 1.29 is 14.6 Å². The van der Waals surface area contributed by atoms with Crippen LogP contribution in [0.2, 0.25) is 0 Å². The first kappa shape index (κ1) is 16.7. The summed E-state index contributed by atoms with van der Waals surface area (Å²) in [5.74, 6) is 1.02. The maximum absolute atomic E-state index is 10.5. The third-order valence-electron chi connectivity index (χ3n) is 4.34. The van der Waals surface area contributed by atoms with E-state index in [0.29, 0.717) is 23.8 Å². The normalized spacial score (nSPS) is 16.1. The van der Waals surface area contributed by atoms with Crippen LogP contribution in [0.4, 0.5) is 0 Å². The maximum atomic E-state index is 10.5. The molecule has 1 unspecified atom stereocenters. The monoisotopic (exact) mass is 328 g/mol. The van der Waals surface area contributed by atoms with E-state index in [2.05, 4.69) is 9.88 Å². The average Bonchev–Trinajstić information content (AvgIpc) is 3.15. The molecule has 0 spiro atoms. The number of aliphatic hydroxyl groups is 1. The van der Waals surface area contributed by atoms with E-state index < -0.39 is 6.10 Å². The van der Waals surface area contributed by atoms with E-state index in [1.165, 1.54) is 12.8 Å². The summed E-state index contributed by atoms with van der Waals surface area (Å²) in [6, 6.07) is 11.3. The van der Waals surface area contributed by atoms with Crippen LogP contribution in [0.1, 0.15) is 30.1 Å². The highest BCUT2D eigenvalue weighted by Crippen LogP contribution is 2.30. The molecule has 5 nitrogen and oxygen atoms in total. The quantitative estimate of drug-likeness (QED) is 0.847. The molecule has 1 N–H and O–H groups in total. The van der Waals surface area contributed by atoms with Crippen molar-refractivity contribution in [1.29, 1.82) is 0 Å². The van der Waals surface area contributed by atoms with Crippen molar-refractivity contribution in [2.75, 3.05) is 33.4 Å². The van der Waals surface area contributed by atoms with Crippen molar-refractivity contribution in [3.05, 3.63) is 53.7 Å². The lowest BCUT2D eigenvalue weighted by molar-refractivity contribution is 0.214. The summed E-state index contributed by atoms with van der Waals surface area (Å²) >= 11 is 0. The van der Waals surface area contributed by atoms with E-state index in [-0.39, 0.29) is 0 Å². The van der Waals surface area contributed by atoms with Gasteiger partial charge in [-0.25, -0.2) is 4.98 Å². The molecule has 0 amide bonds. The molecule has 0 radical (unpaired) electrons. The van der Waals surface area contributed by atoms with Gasteiger partial charge in [0.2, 0.25) is 0 Å². The minimum atomic E-state index is -0.730. The lowest BCUT2D eigenvalue weighted by atomic mass is 10.0. The number of nitrogens with zero attached hydrogens (tertiary/aromatic N) is 2. The predicted molar refractivity (Wildman–Crippen MR) is 92.5 cm³/mol. The standard InChI is InChI=1S/C19H24N2O3/c1-23-17-13-16(18(22)15-7-3-2-4-8-15)14-20-19(17)24-12-11-21-9-5-6-10-21/h2-4,7-8,13-14,18,22H,5-6,9-12H2,1H3. The van der Waals surface area contributed by atoms with E-state index in [1.807, 2.05) is 30.3 Å². The number of aromatic nitrogens is 1. The molecule has 1 aliphatic rings. The molecule has 1 atom stereocenters. The van der Waals surface area contributed by atoms with E-state index >= 15 is 0 Å².